The number of benzene rings is 4. The van der Waals surface area contributed by atoms with Gasteiger partial charge in [-0.2, -0.15) is 13.2 Å². The zero-order chi connectivity index (χ0) is 25.6. The van der Waals surface area contributed by atoms with Crippen LogP contribution in [0.15, 0.2) is 115 Å². The van der Waals surface area contributed by atoms with Crippen LogP contribution in [0.25, 0.3) is 0 Å². The summed E-state index contributed by atoms with van der Waals surface area (Å²) in [7, 11) is 0. The van der Waals surface area contributed by atoms with Crippen LogP contribution in [0.1, 0.15) is 18.1 Å². The van der Waals surface area contributed by atoms with Gasteiger partial charge < -0.3 is 9.47 Å². The molecule has 36 heavy (non-hydrogen) atoms. The summed E-state index contributed by atoms with van der Waals surface area (Å²) < 4.78 is 68.0. The summed E-state index contributed by atoms with van der Waals surface area (Å²) in [5.74, 6) is 0.965. The third kappa shape index (κ3) is 5.95. The predicted molar refractivity (Wildman–Crippen MR) is 132 cm³/mol. The highest BCUT2D eigenvalue weighted by molar-refractivity contribution is 5.40. The van der Waals surface area contributed by atoms with Gasteiger partial charge in [0.1, 0.15) is 22.7 Å². The van der Waals surface area contributed by atoms with Crippen molar-refractivity contribution in [2.75, 3.05) is 0 Å². The molecule has 184 valence electrons. The molecule has 4 aromatic rings. The second-order valence-electron chi connectivity index (χ2n) is 8.43. The Morgan fingerprint density at radius 1 is 0.694 bits per heavy atom. The fraction of sp³-hybridized carbons (Fsp3) is 0.133. The van der Waals surface area contributed by atoms with E-state index in [1.54, 1.807) is 36.4 Å². The summed E-state index contributed by atoms with van der Waals surface area (Å²) in [4.78, 5) is 0. The first kappa shape index (κ1) is 25.0. The number of halogens is 4. The van der Waals surface area contributed by atoms with E-state index in [-0.39, 0.29) is 17.7 Å². The molecule has 0 saturated heterocycles. The molecule has 6 heteroatoms. The predicted octanol–water partition coefficient (Wildman–Crippen LogP) is 9.03. The van der Waals surface area contributed by atoms with Crippen LogP contribution >= 0.6 is 0 Å². The molecule has 0 aliphatic heterocycles. The molecule has 1 atom stereocenters. The molecule has 1 unspecified atom stereocenters. The monoisotopic (exact) mass is 492 g/mol. The van der Waals surface area contributed by atoms with Gasteiger partial charge in [-0.3, -0.25) is 0 Å². The zero-order valence-electron chi connectivity index (χ0n) is 19.5. The van der Waals surface area contributed by atoms with E-state index < -0.39 is 17.4 Å². The molecular weight excluding hydrogens is 468 g/mol. The largest absolute Gasteiger partial charge is 0.457 e. The summed E-state index contributed by atoms with van der Waals surface area (Å²) >= 11 is 0. The van der Waals surface area contributed by atoms with Crippen molar-refractivity contribution in [2.24, 2.45) is 0 Å². The van der Waals surface area contributed by atoms with E-state index in [1.165, 1.54) is 48.5 Å². The van der Waals surface area contributed by atoms with Crippen molar-refractivity contribution in [1.82, 2.24) is 0 Å². The van der Waals surface area contributed by atoms with Crippen molar-refractivity contribution < 1.29 is 27.0 Å². The number of hydrogen-bond donors (Lipinski definition) is 0. The summed E-state index contributed by atoms with van der Waals surface area (Å²) in [5.41, 5.74) is -1.52. The Labute approximate surface area is 207 Å². The van der Waals surface area contributed by atoms with Crippen molar-refractivity contribution >= 4 is 0 Å². The van der Waals surface area contributed by atoms with E-state index in [1.807, 2.05) is 24.3 Å². The second-order valence-corrected chi connectivity index (χ2v) is 8.43. The number of ether oxygens (including phenoxy) is 2. The Morgan fingerprint density at radius 2 is 1.25 bits per heavy atom. The van der Waals surface area contributed by atoms with E-state index in [0.29, 0.717) is 22.8 Å². The molecule has 0 bridgehead atoms. The number of rotatable bonds is 8. The maximum absolute atomic E-state index is 14.2. The minimum atomic E-state index is -4.53. The fourth-order valence-corrected chi connectivity index (χ4v) is 3.65. The molecule has 2 nitrogen and oxygen atoms in total. The number of alkyl halides is 3. The Balaban J connectivity index is 1.51. The van der Waals surface area contributed by atoms with Gasteiger partial charge >= 0.3 is 6.18 Å². The summed E-state index contributed by atoms with van der Waals surface area (Å²) in [6.07, 6.45) is -1.77. The van der Waals surface area contributed by atoms with Gasteiger partial charge in [-0.15, -0.1) is 0 Å². The lowest BCUT2D eigenvalue weighted by atomic mass is 9.81. The second kappa shape index (κ2) is 10.7. The molecule has 0 aromatic heterocycles. The van der Waals surface area contributed by atoms with Crippen LogP contribution in [0.4, 0.5) is 17.6 Å². The van der Waals surface area contributed by atoms with E-state index in [9.17, 15) is 17.6 Å². The first-order valence-corrected chi connectivity index (χ1v) is 11.3. The average molecular weight is 493 g/mol. The van der Waals surface area contributed by atoms with Crippen LogP contribution in [-0.4, -0.2) is 6.18 Å². The minimum absolute atomic E-state index is 0.0136. The molecule has 0 radical (unpaired) electrons. The lowest BCUT2D eigenvalue weighted by Gasteiger charge is -2.29. The smallest absolute Gasteiger partial charge is 0.401 e. The highest BCUT2D eigenvalue weighted by atomic mass is 19.4. The minimum Gasteiger partial charge on any atom is -0.457 e. The van der Waals surface area contributed by atoms with Gasteiger partial charge in [-0.25, -0.2) is 4.39 Å². The first-order chi connectivity index (χ1) is 17.2. The maximum atomic E-state index is 14.2. The Morgan fingerprint density at radius 3 is 1.83 bits per heavy atom. The van der Waals surface area contributed by atoms with Gasteiger partial charge in [0.05, 0.1) is 0 Å². The zero-order valence-corrected chi connectivity index (χ0v) is 19.5. The topological polar surface area (TPSA) is 18.5 Å². The van der Waals surface area contributed by atoms with E-state index in [0.717, 1.165) is 13.0 Å². The van der Waals surface area contributed by atoms with Crippen LogP contribution in [0.5, 0.6) is 23.0 Å². The van der Waals surface area contributed by atoms with Crippen molar-refractivity contribution in [3.05, 3.63) is 132 Å². The lowest BCUT2D eigenvalue weighted by molar-refractivity contribution is -0.171. The quantitative estimate of drug-likeness (QED) is 0.180. The SMILES string of the molecule is CC(C=CCc1ccc(F)c(Oc2ccccc2)c1)(c1ccc(Oc2ccccc2)cc1)C(F)(F)F. The molecule has 0 aliphatic rings. The maximum Gasteiger partial charge on any atom is 0.401 e. The van der Waals surface area contributed by atoms with Gasteiger partial charge in [-0.1, -0.05) is 66.7 Å². The van der Waals surface area contributed by atoms with Gasteiger partial charge in [0.25, 0.3) is 0 Å². The van der Waals surface area contributed by atoms with Gasteiger partial charge in [-0.05, 0) is 73.0 Å². The normalized spacial score (nSPS) is 13.4. The van der Waals surface area contributed by atoms with Crippen LogP contribution < -0.4 is 9.47 Å². The van der Waals surface area contributed by atoms with Gasteiger partial charge in [0, 0.05) is 0 Å². The Bertz CT molecular complexity index is 1300. The van der Waals surface area contributed by atoms with E-state index in [4.69, 9.17) is 9.47 Å². The van der Waals surface area contributed by atoms with E-state index in [2.05, 4.69) is 0 Å². The molecule has 0 heterocycles. The Hall–Kier alpha value is -4.06. The van der Waals surface area contributed by atoms with Crippen molar-refractivity contribution in [3.8, 4) is 23.0 Å². The Kier molecular flexibility index (Phi) is 7.44. The van der Waals surface area contributed by atoms with Crippen molar-refractivity contribution in [3.63, 3.8) is 0 Å². The molecule has 4 aromatic carbocycles. The summed E-state index contributed by atoms with van der Waals surface area (Å²) in [5, 5.41) is 0. The molecule has 0 aliphatic carbocycles. The molecular formula is C30H24F4O2. The number of para-hydroxylation sites is 2. The van der Waals surface area contributed by atoms with Crippen LogP contribution in [0.2, 0.25) is 0 Å². The third-order valence-corrected chi connectivity index (χ3v) is 5.79. The van der Waals surface area contributed by atoms with Crippen molar-refractivity contribution in [2.45, 2.75) is 24.9 Å². The van der Waals surface area contributed by atoms with Crippen LogP contribution in [-0.2, 0) is 11.8 Å². The molecule has 0 fully saturated rings. The first-order valence-electron chi connectivity index (χ1n) is 11.3. The number of allylic oxidation sites excluding steroid dienone is 2. The summed E-state index contributed by atoms with van der Waals surface area (Å²) in [6.45, 7) is 1.13. The molecule has 0 N–H and O–H groups in total. The van der Waals surface area contributed by atoms with Gasteiger partial charge in [0.2, 0.25) is 0 Å². The highest BCUT2D eigenvalue weighted by Gasteiger charge is 2.50. The standard InChI is InChI=1S/C30H24F4O2/c1-29(30(32,33)34,23-15-17-26(18-16-23)35-24-10-4-2-5-11-24)20-8-9-22-14-19-27(31)28(21-22)36-25-12-6-3-7-13-25/h2-8,10-21H,9H2,1H3. The van der Waals surface area contributed by atoms with Gasteiger partial charge in [0.15, 0.2) is 11.6 Å². The van der Waals surface area contributed by atoms with Crippen LogP contribution in [0, 0.1) is 5.82 Å². The summed E-state index contributed by atoms with van der Waals surface area (Å²) in [6, 6.07) is 27.9. The third-order valence-electron chi connectivity index (χ3n) is 5.79. The molecule has 0 spiro atoms. The highest BCUT2D eigenvalue weighted by Crippen LogP contribution is 2.43. The number of hydrogen-bond acceptors (Lipinski definition) is 2. The molecule has 0 amide bonds. The lowest BCUT2D eigenvalue weighted by Crippen LogP contribution is -2.37. The molecule has 0 saturated carbocycles. The molecule has 4 rings (SSSR count). The van der Waals surface area contributed by atoms with E-state index >= 15 is 0 Å². The van der Waals surface area contributed by atoms with Crippen molar-refractivity contribution in [1.29, 1.82) is 0 Å². The average Bonchev–Trinajstić information content (AvgIpc) is 2.87. The fourth-order valence-electron chi connectivity index (χ4n) is 3.65. The van der Waals surface area contributed by atoms with Crippen LogP contribution in [0.3, 0.4) is 0 Å².